The smallest absolute Gasteiger partial charge is 0.148 e. The van der Waals surface area contributed by atoms with Gasteiger partial charge in [0.2, 0.25) is 0 Å². The second-order valence-electron chi connectivity index (χ2n) is 29.2. The van der Waals surface area contributed by atoms with Crippen LogP contribution in [0.4, 0.5) is 0 Å². The van der Waals surface area contributed by atoms with Gasteiger partial charge in [-0.25, -0.2) is 0 Å². The molecular formula is C109H68O4S4. The Hall–Kier alpha value is -14.2. The summed E-state index contributed by atoms with van der Waals surface area (Å²) >= 11 is 6.90. The van der Waals surface area contributed by atoms with E-state index in [0.717, 1.165) is 179 Å². The van der Waals surface area contributed by atoms with E-state index in [0.29, 0.717) is 0 Å². The van der Waals surface area contributed by atoms with Gasteiger partial charge in [0, 0.05) is 19.5 Å². The Bertz CT molecular complexity index is 6080. The van der Waals surface area contributed by atoms with Crippen LogP contribution in [0.1, 0.15) is 86.3 Å². The SMILES string of the molecule is C#CCOc1ccc2c(c1)/C(=C\c1cccs1)c1cc(-c3ccc(C(c4ccc(-c5ccc6c(c5)/C(=C/c5cccs5)c5cc(OCC#C)ccc5-6)cc4)(c4ccc(-c5ccc6c(c5)/C(=C/c5cccs5)c5cc(OCC#C)ccc5-6)cc4)c4ccc(-c5ccc6c(c5)/C(=C/c5cccs5)c5cc(OCC#C)ccc5-6)cc4)cc3)ccc1-2. The average Bonchev–Trinajstić information content (AvgIpc) is 1.64. The summed E-state index contributed by atoms with van der Waals surface area (Å²) in [6.45, 7) is 0.758. The molecule has 0 N–H and O–H groups in total. The second-order valence-corrected chi connectivity index (χ2v) is 33.1. The third-order valence-electron chi connectivity index (χ3n) is 22.7. The van der Waals surface area contributed by atoms with Gasteiger partial charge < -0.3 is 18.9 Å². The minimum Gasteiger partial charge on any atom is -0.481 e. The molecule has 4 heterocycles. The van der Waals surface area contributed by atoms with Gasteiger partial charge >= 0.3 is 0 Å². The van der Waals surface area contributed by atoms with E-state index in [1.165, 1.54) is 41.8 Å². The summed E-state index contributed by atoms with van der Waals surface area (Å²) in [5.74, 6) is 13.5. The molecule has 0 saturated carbocycles. The van der Waals surface area contributed by atoms with E-state index in [-0.39, 0.29) is 26.4 Å². The number of ether oxygens (including phenoxy) is 4. The van der Waals surface area contributed by atoms with Crippen LogP contribution in [0.2, 0.25) is 0 Å². The Morgan fingerprint density at radius 1 is 0.222 bits per heavy atom. The standard InChI is InChI=1S/C109H68O4S4/c1-5-49-110-81-37-45-93-89-41-25-73(57-97(89)105(101(93)61-81)65-85-13-9-53-114-85)69-17-29-77(30-18-69)109(78-31-19-70(20-32-78)74-26-42-90-94-46-38-82(111-50-6-2)62-102(94)106(98(90)58-74)66-86-14-10-54-115-86,79-33-21-71(22-34-79)75-27-43-91-95-47-39-83(112-51-7-3)63-103(95)107(99(91)59-75)67-87-15-11-55-116-87)80-35-23-72(24-36-80)76-28-44-92-96-48-40-84(113-52-8-4)64-104(96)108(100(92)60-76)68-88-16-12-56-117-88/h1-4,9-48,53-68H,49-52H2/b105-65-,106-66-,107-67-,108-68-. The van der Waals surface area contributed by atoms with Gasteiger partial charge in [-0.3, -0.25) is 0 Å². The zero-order chi connectivity index (χ0) is 78.5. The molecule has 12 aromatic carbocycles. The molecule has 117 heavy (non-hydrogen) atoms. The zero-order valence-corrected chi connectivity index (χ0v) is 66.5. The van der Waals surface area contributed by atoms with Crippen molar-refractivity contribution in [3.8, 4) is 161 Å². The Labute approximate surface area is 697 Å². The molecule has 4 aliphatic carbocycles. The third-order valence-corrected chi connectivity index (χ3v) is 26.0. The lowest BCUT2D eigenvalue weighted by Crippen LogP contribution is -2.31. The van der Waals surface area contributed by atoms with Crippen LogP contribution in [0.25, 0.3) is 136 Å². The van der Waals surface area contributed by atoms with Crippen LogP contribution in [0.3, 0.4) is 0 Å². The molecule has 4 aliphatic rings. The van der Waals surface area contributed by atoms with E-state index in [1.54, 1.807) is 45.3 Å². The molecule has 0 amide bonds. The van der Waals surface area contributed by atoms with Crippen molar-refractivity contribution in [2.24, 2.45) is 0 Å². The quantitative estimate of drug-likeness (QED) is 0.0563. The lowest BCUT2D eigenvalue weighted by atomic mass is 9.64. The number of rotatable bonds is 20. The molecule has 0 atom stereocenters. The van der Waals surface area contributed by atoms with Crippen LogP contribution in [0, 0.1) is 49.4 Å². The second kappa shape index (κ2) is 30.6. The topological polar surface area (TPSA) is 36.9 Å². The molecule has 0 spiro atoms. The number of terminal acetylenes is 4. The highest BCUT2D eigenvalue weighted by atomic mass is 32.1. The largest absolute Gasteiger partial charge is 0.481 e. The Kier molecular flexibility index (Phi) is 18.8. The van der Waals surface area contributed by atoms with Gasteiger partial charge in [-0.15, -0.1) is 71.0 Å². The molecule has 0 bridgehead atoms. The summed E-state index contributed by atoms with van der Waals surface area (Å²) in [6.07, 6.45) is 32.0. The first-order valence-corrected chi connectivity index (χ1v) is 42.1. The highest BCUT2D eigenvalue weighted by molar-refractivity contribution is 7.11. The lowest BCUT2D eigenvalue weighted by molar-refractivity contribution is 0.370. The van der Waals surface area contributed by atoms with Crippen LogP contribution in [0.5, 0.6) is 23.0 Å². The predicted octanol–water partition coefficient (Wildman–Crippen LogP) is 27.3. The molecule has 0 fully saturated rings. The predicted molar refractivity (Wildman–Crippen MR) is 491 cm³/mol. The number of hydrogen-bond acceptors (Lipinski definition) is 8. The van der Waals surface area contributed by atoms with E-state index in [2.05, 4.69) is 336 Å². The van der Waals surface area contributed by atoms with Gasteiger partial charge in [0.15, 0.2) is 0 Å². The zero-order valence-electron chi connectivity index (χ0n) is 63.2. The third kappa shape index (κ3) is 13.2. The minimum absolute atomic E-state index is 0.190. The molecule has 4 aromatic heterocycles. The monoisotopic (exact) mass is 1570 g/mol. The van der Waals surface area contributed by atoms with Crippen molar-refractivity contribution in [1.29, 1.82) is 0 Å². The van der Waals surface area contributed by atoms with Crippen LogP contribution < -0.4 is 18.9 Å². The maximum Gasteiger partial charge on any atom is 0.148 e. The summed E-state index contributed by atoms with van der Waals surface area (Å²) in [5.41, 5.74) is 35.3. The maximum absolute atomic E-state index is 6.04. The van der Waals surface area contributed by atoms with Gasteiger partial charge in [0.05, 0.1) is 5.41 Å². The first-order chi connectivity index (χ1) is 57.7. The van der Waals surface area contributed by atoms with E-state index >= 15 is 0 Å². The molecule has 20 rings (SSSR count). The van der Waals surface area contributed by atoms with Gasteiger partial charge in [0.1, 0.15) is 49.4 Å². The van der Waals surface area contributed by atoms with Crippen molar-refractivity contribution in [3.63, 3.8) is 0 Å². The van der Waals surface area contributed by atoms with Crippen LogP contribution in [-0.2, 0) is 5.41 Å². The van der Waals surface area contributed by atoms with Crippen molar-refractivity contribution < 1.29 is 18.9 Å². The van der Waals surface area contributed by atoms with Crippen molar-refractivity contribution in [2.75, 3.05) is 26.4 Å². The number of thiophene rings is 4. The van der Waals surface area contributed by atoms with Gasteiger partial charge in [-0.2, -0.15) is 0 Å². The Morgan fingerprint density at radius 3 is 0.615 bits per heavy atom. The summed E-state index contributed by atoms with van der Waals surface area (Å²) in [6, 6.07) is 107. The summed E-state index contributed by atoms with van der Waals surface area (Å²) in [4.78, 5) is 4.68. The van der Waals surface area contributed by atoms with Gasteiger partial charge in [0.25, 0.3) is 0 Å². The van der Waals surface area contributed by atoms with E-state index < -0.39 is 5.41 Å². The summed E-state index contributed by atoms with van der Waals surface area (Å²) in [5, 5.41) is 8.51. The summed E-state index contributed by atoms with van der Waals surface area (Å²) < 4.78 is 24.2. The lowest BCUT2D eigenvalue weighted by Gasteiger charge is -2.37. The molecule has 552 valence electrons. The fourth-order valence-electron chi connectivity index (χ4n) is 17.4. The molecule has 4 nitrogen and oxygen atoms in total. The average molecular weight is 1570 g/mol. The first-order valence-electron chi connectivity index (χ1n) is 38.6. The van der Waals surface area contributed by atoms with Crippen molar-refractivity contribution in [1.82, 2.24) is 0 Å². The molecule has 0 radical (unpaired) electrons. The Balaban J connectivity index is 0.750. The molecule has 0 aliphatic heterocycles. The van der Waals surface area contributed by atoms with Crippen molar-refractivity contribution in [3.05, 3.63) is 399 Å². The van der Waals surface area contributed by atoms with Crippen LogP contribution in [0.15, 0.2) is 313 Å². The maximum atomic E-state index is 6.04. The van der Waals surface area contributed by atoms with Crippen molar-refractivity contribution in [2.45, 2.75) is 5.41 Å². The van der Waals surface area contributed by atoms with Crippen LogP contribution >= 0.6 is 45.3 Å². The molecule has 8 heteroatoms. The highest BCUT2D eigenvalue weighted by Crippen LogP contribution is 2.55. The van der Waals surface area contributed by atoms with Crippen LogP contribution in [-0.4, -0.2) is 26.4 Å². The first kappa shape index (κ1) is 71.8. The normalized spacial score (nSPS) is 13.6. The highest BCUT2D eigenvalue weighted by Gasteiger charge is 2.40. The van der Waals surface area contributed by atoms with E-state index in [4.69, 9.17) is 44.6 Å². The van der Waals surface area contributed by atoms with E-state index in [9.17, 15) is 0 Å². The van der Waals surface area contributed by atoms with E-state index in [1.807, 2.05) is 24.3 Å². The van der Waals surface area contributed by atoms with Gasteiger partial charge in [-0.1, -0.05) is 218 Å². The number of hydrogen-bond donors (Lipinski definition) is 0. The van der Waals surface area contributed by atoms with Crippen molar-refractivity contribution >= 4 is 91.9 Å². The fourth-order valence-corrected chi connectivity index (χ4v) is 20.1. The van der Waals surface area contributed by atoms with Gasteiger partial charge in [-0.05, 0) is 321 Å². The molecular weight excluding hydrogens is 1500 g/mol. The number of fused-ring (bicyclic) bond motifs is 12. The number of benzene rings is 12. The summed E-state index contributed by atoms with van der Waals surface area (Å²) in [7, 11) is 0. The Morgan fingerprint density at radius 2 is 0.419 bits per heavy atom. The molecule has 16 aromatic rings. The molecule has 0 saturated heterocycles. The minimum atomic E-state index is -0.913. The molecule has 0 unspecified atom stereocenters. The fraction of sp³-hybridized carbons (Fsp3) is 0.0459.